The largest absolute Gasteiger partial charge is 0.356 e. The minimum absolute atomic E-state index is 0.212. The molecule has 1 aliphatic rings. The lowest BCUT2D eigenvalue weighted by Gasteiger charge is -2.21. The third kappa shape index (κ3) is 3.84. The van der Waals surface area contributed by atoms with E-state index in [2.05, 4.69) is 41.8 Å². The molecule has 0 radical (unpaired) electrons. The molecule has 0 unspecified atom stereocenters. The Morgan fingerprint density at radius 3 is 2.89 bits per heavy atom. The first-order valence-electron chi connectivity index (χ1n) is 6.79. The lowest BCUT2D eigenvalue weighted by atomic mass is 9.97. The second kappa shape index (κ2) is 6.55. The number of hydrogen-bond acceptors (Lipinski definition) is 2. The molecule has 0 bridgehead atoms. The first kappa shape index (κ1) is 13.1. The molecule has 18 heavy (non-hydrogen) atoms. The van der Waals surface area contributed by atoms with E-state index in [4.69, 9.17) is 0 Å². The summed E-state index contributed by atoms with van der Waals surface area (Å²) in [6, 6.07) is 8.46. The molecule has 1 saturated heterocycles. The van der Waals surface area contributed by atoms with Crippen LogP contribution < -0.4 is 10.6 Å². The fraction of sp³-hybridized carbons (Fsp3) is 0.533. The Hall–Kier alpha value is -1.35. The molecule has 1 fully saturated rings. The van der Waals surface area contributed by atoms with Crippen molar-refractivity contribution in [2.24, 2.45) is 5.92 Å². The first-order chi connectivity index (χ1) is 8.75. The van der Waals surface area contributed by atoms with Crippen molar-refractivity contribution in [3.63, 3.8) is 0 Å². The van der Waals surface area contributed by atoms with E-state index < -0.39 is 0 Å². The van der Waals surface area contributed by atoms with Gasteiger partial charge in [0.15, 0.2) is 0 Å². The number of carbonyl (C=O) groups is 1. The van der Waals surface area contributed by atoms with Gasteiger partial charge in [-0.25, -0.2) is 0 Å². The van der Waals surface area contributed by atoms with E-state index in [9.17, 15) is 4.79 Å². The van der Waals surface area contributed by atoms with Crippen LogP contribution in [-0.4, -0.2) is 25.5 Å². The maximum Gasteiger partial charge on any atom is 0.223 e. The predicted molar refractivity (Wildman–Crippen MR) is 73.5 cm³/mol. The van der Waals surface area contributed by atoms with Crippen molar-refractivity contribution in [1.29, 1.82) is 0 Å². The van der Waals surface area contributed by atoms with Gasteiger partial charge in [0.1, 0.15) is 0 Å². The zero-order valence-corrected chi connectivity index (χ0v) is 11.0. The van der Waals surface area contributed by atoms with Gasteiger partial charge in [0.05, 0.1) is 0 Å². The Morgan fingerprint density at radius 1 is 1.39 bits per heavy atom. The standard InChI is InChI=1S/C15H22N2O/c1-12-3-2-4-13(11-12)5-10-17-15(18)14-6-8-16-9-7-14/h2-4,11,14,16H,5-10H2,1H3,(H,17,18). The van der Waals surface area contributed by atoms with Gasteiger partial charge in [-0.1, -0.05) is 29.8 Å². The number of amides is 1. The molecular formula is C15H22N2O. The van der Waals surface area contributed by atoms with Crippen LogP contribution in [0.3, 0.4) is 0 Å². The number of carbonyl (C=O) groups excluding carboxylic acids is 1. The zero-order valence-electron chi connectivity index (χ0n) is 11.0. The van der Waals surface area contributed by atoms with Crippen LogP contribution in [-0.2, 0) is 11.2 Å². The minimum Gasteiger partial charge on any atom is -0.356 e. The van der Waals surface area contributed by atoms with Gasteiger partial charge in [0.2, 0.25) is 5.91 Å². The maximum atomic E-state index is 11.9. The lowest BCUT2D eigenvalue weighted by Crippen LogP contribution is -2.38. The number of piperidine rings is 1. The van der Waals surface area contributed by atoms with Gasteiger partial charge in [-0.05, 0) is 44.8 Å². The monoisotopic (exact) mass is 246 g/mol. The second-order valence-electron chi connectivity index (χ2n) is 5.05. The Bertz CT molecular complexity index is 397. The number of aryl methyl sites for hydroxylation is 1. The molecule has 2 N–H and O–H groups in total. The molecule has 0 aliphatic carbocycles. The van der Waals surface area contributed by atoms with Crippen molar-refractivity contribution < 1.29 is 4.79 Å². The van der Waals surface area contributed by atoms with Crippen molar-refractivity contribution in [2.45, 2.75) is 26.2 Å². The molecular weight excluding hydrogens is 224 g/mol. The molecule has 3 heteroatoms. The summed E-state index contributed by atoms with van der Waals surface area (Å²) in [6.45, 7) is 4.77. The van der Waals surface area contributed by atoms with Gasteiger partial charge in [-0.3, -0.25) is 4.79 Å². The van der Waals surface area contributed by atoms with Crippen LogP contribution in [0.2, 0.25) is 0 Å². The smallest absolute Gasteiger partial charge is 0.223 e. The minimum atomic E-state index is 0.212. The fourth-order valence-corrected chi connectivity index (χ4v) is 2.43. The summed E-state index contributed by atoms with van der Waals surface area (Å²) in [6.07, 6.45) is 2.85. The molecule has 1 aliphatic heterocycles. The van der Waals surface area contributed by atoms with Crippen molar-refractivity contribution in [1.82, 2.24) is 10.6 Å². The summed E-state index contributed by atoms with van der Waals surface area (Å²) >= 11 is 0. The topological polar surface area (TPSA) is 41.1 Å². The first-order valence-corrected chi connectivity index (χ1v) is 6.79. The van der Waals surface area contributed by atoms with Gasteiger partial charge in [0.25, 0.3) is 0 Å². The highest BCUT2D eigenvalue weighted by molar-refractivity contribution is 5.78. The molecule has 1 heterocycles. The van der Waals surface area contributed by atoms with Gasteiger partial charge in [-0.2, -0.15) is 0 Å². The molecule has 0 aromatic heterocycles. The zero-order chi connectivity index (χ0) is 12.8. The summed E-state index contributed by atoms with van der Waals surface area (Å²) < 4.78 is 0. The van der Waals surface area contributed by atoms with E-state index in [0.29, 0.717) is 0 Å². The average molecular weight is 246 g/mol. The van der Waals surface area contributed by atoms with E-state index in [0.717, 1.165) is 38.9 Å². The maximum absolute atomic E-state index is 11.9. The summed E-state index contributed by atoms with van der Waals surface area (Å²) in [4.78, 5) is 11.9. The van der Waals surface area contributed by atoms with Crippen LogP contribution in [0.4, 0.5) is 0 Å². The molecule has 1 aromatic rings. The third-order valence-corrected chi connectivity index (χ3v) is 3.51. The van der Waals surface area contributed by atoms with E-state index in [1.807, 2.05) is 0 Å². The molecule has 0 spiro atoms. The fourth-order valence-electron chi connectivity index (χ4n) is 2.43. The molecule has 1 amide bonds. The Kier molecular flexibility index (Phi) is 4.76. The number of hydrogen-bond donors (Lipinski definition) is 2. The third-order valence-electron chi connectivity index (χ3n) is 3.51. The number of benzene rings is 1. The van der Waals surface area contributed by atoms with Crippen LogP contribution in [0.15, 0.2) is 24.3 Å². The summed E-state index contributed by atoms with van der Waals surface area (Å²) in [5.74, 6) is 0.438. The van der Waals surface area contributed by atoms with Crippen LogP contribution in [0.1, 0.15) is 24.0 Å². The highest BCUT2D eigenvalue weighted by atomic mass is 16.1. The molecule has 1 aromatic carbocycles. The summed E-state index contributed by atoms with van der Waals surface area (Å²) in [5.41, 5.74) is 2.57. The van der Waals surface area contributed by atoms with Crippen molar-refractivity contribution in [3.8, 4) is 0 Å². The number of nitrogens with one attached hydrogen (secondary N) is 2. The Morgan fingerprint density at radius 2 is 2.17 bits per heavy atom. The summed E-state index contributed by atoms with van der Waals surface area (Å²) in [7, 11) is 0. The van der Waals surface area contributed by atoms with Crippen LogP contribution in [0, 0.1) is 12.8 Å². The predicted octanol–water partition coefficient (Wildman–Crippen LogP) is 1.65. The van der Waals surface area contributed by atoms with Gasteiger partial charge in [-0.15, -0.1) is 0 Å². The lowest BCUT2D eigenvalue weighted by molar-refractivity contribution is -0.125. The number of rotatable bonds is 4. The highest BCUT2D eigenvalue weighted by Gasteiger charge is 2.19. The van der Waals surface area contributed by atoms with E-state index in [-0.39, 0.29) is 11.8 Å². The van der Waals surface area contributed by atoms with Crippen molar-refractivity contribution >= 4 is 5.91 Å². The van der Waals surface area contributed by atoms with Gasteiger partial charge >= 0.3 is 0 Å². The van der Waals surface area contributed by atoms with E-state index in [1.165, 1.54) is 11.1 Å². The molecule has 2 rings (SSSR count). The average Bonchev–Trinajstić information content (AvgIpc) is 2.40. The Labute approximate surface area is 109 Å². The van der Waals surface area contributed by atoms with E-state index in [1.54, 1.807) is 0 Å². The van der Waals surface area contributed by atoms with Crippen LogP contribution in [0.5, 0.6) is 0 Å². The van der Waals surface area contributed by atoms with Crippen molar-refractivity contribution in [2.75, 3.05) is 19.6 Å². The van der Waals surface area contributed by atoms with Crippen molar-refractivity contribution in [3.05, 3.63) is 35.4 Å². The quantitative estimate of drug-likeness (QED) is 0.848. The molecule has 0 atom stereocenters. The second-order valence-corrected chi connectivity index (χ2v) is 5.05. The van der Waals surface area contributed by atoms with Crippen LogP contribution in [0.25, 0.3) is 0 Å². The van der Waals surface area contributed by atoms with Gasteiger partial charge in [0, 0.05) is 12.5 Å². The normalized spacial score (nSPS) is 16.5. The summed E-state index contributed by atoms with van der Waals surface area (Å²) in [5, 5.41) is 6.33. The molecule has 0 saturated carbocycles. The van der Waals surface area contributed by atoms with Crippen LogP contribution >= 0.6 is 0 Å². The van der Waals surface area contributed by atoms with Gasteiger partial charge < -0.3 is 10.6 Å². The molecule has 3 nitrogen and oxygen atoms in total. The Balaban J connectivity index is 1.73. The highest BCUT2D eigenvalue weighted by Crippen LogP contribution is 2.11. The molecule has 98 valence electrons. The SMILES string of the molecule is Cc1cccc(CCNC(=O)C2CCNCC2)c1. The van der Waals surface area contributed by atoms with E-state index >= 15 is 0 Å².